The van der Waals surface area contributed by atoms with Gasteiger partial charge in [-0.3, -0.25) is 4.79 Å². The average Bonchev–Trinajstić information content (AvgIpc) is 3.31. The van der Waals surface area contributed by atoms with E-state index in [1.54, 1.807) is 11.3 Å². The van der Waals surface area contributed by atoms with Gasteiger partial charge in [0.05, 0.1) is 22.2 Å². The summed E-state index contributed by atoms with van der Waals surface area (Å²) in [4.78, 5) is 22.7. The lowest BCUT2D eigenvalue weighted by Gasteiger charge is -2.22. The maximum atomic E-state index is 13.0. The van der Waals surface area contributed by atoms with E-state index in [9.17, 15) is 9.90 Å². The number of aromatic nitrogens is 1. The van der Waals surface area contributed by atoms with Crippen molar-refractivity contribution in [3.63, 3.8) is 0 Å². The van der Waals surface area contributed by atoms with Gasteiger partial charge in [0, 0.05) is 38.4 Å². The SMILES string of the molecule is CN(C)c1ccc(-c2nc3c(s2)C(O)CCC3)cc1C(=O)N1CCCC1. The summed E-state index contributed by atoms with van der Waals surface area (Å²) in [5.74, 6) is 0.106. The van der Waals surface area contributed by atoms with Crippen molar-refractivity contribution in [2.75, 3.05) is 32.1 Å². The van der Waals surface area contributed by atoms with Gasteiger partial charge in [-0.05, 0) is 50.3 Å². The number of aliphatic hydroxyl groups excluding tert-OH is 1. The van der Waals surface area contributed by atoms with Gasteiger partial charge in [-0.1, -0.05) is 0 Å². The van der Waals surface area contributed by atoms with E-state index in [0.717, 1.165) is 77.6 Å². The van der Waals surface area contributed by atoms with Crippen LogP contribution in [-0.2, 0) is 6.42 Å². The van der Waals surface area contributed by atoms with Gasteiger partial charge < -0.3 is 14.9 Å². The van der Waals surface area contributed by atoms with Crippen LogP contribution in [0.2, 0.25) is 0 Å². The molecule has 0 radical (unpaired) electrons. The Hall–Kier alpha value is -1.92. The van der Waals surface area contributed by atoms with E-state index in [-0.39, 0.29) is 5.91 Å². The number of anilines is 1. The molecule has 138 valence electrons. The minimum Gasteiger partial charge on any atom is -0.388 e. The Bertz CT molecular complexity index is 824. The molecule has 1 aromatic heterocycles. The number of hydrogen-bond acceptors (Lipinski definition) is 5. The van der Waals surface area contributed by atoms with Gasteiger partial charge in [-0.2, -0.15) is 0 Å². The highest BCUT2D eigenvalue weighted by Crippen LogP contribution is 2.39. The molecule has 1 amide bonds. The number of amides is 1. The minimum atomic E-state index is -0.392. The molecule has 1 aliphatic carbocycles. The number of carbonyl (C=O) groups is 1. The molecule has 1 aromatic carbocycles. The van der Waals surface area contributed by atoms with Crippen LogP contribution in [0.4, 0.5) is 5.69 Å². The Morgan fingerprint density at radius 2 is 2.04 bits per heavy atom. The summed E-state index contributed by atoms with van der Waals surface area (Å²) in [6, 6.07) is 6.02. The van der Waals surface area contributed by atoms with Crippen molar-refractivity contribution in [3.05, 3.63) is 34.3 Å². The number of thiazole rings is 1. The number of aryl methyl sites for hydroxylation is 1. The molecule has 1 fully saturated rings. The Morgan fingerprint density at radius 1 is 1.27 bits per heavy atom. The summed E-state index contributed by atoms with van der Waals surface area (Å²) in [5, 5.41) is 11.1. The fourth-order valence-electron chi connectivity index (χ4n) is 3.84. The van der Waals surface area contributed by atoms with E-state index < -0.39 is 6.10 Å². The Labute approximate surface area is 158 Å². The van der Waals surface area contributed by atoms with Crippen molar-refractivity contribution in [2.24, 2.45) is 0 Å². The van der Waals surface area contributed by atoms with Gasteiger partial charge in [0.25, 0.3) is 5.91 Å². The third-order valence-corrected chi connectivity index (χ3v) is 6.52. The van der Waals surface area contributed by atoms with E-state index >= 15 is 0 Å². The fraction of sp³-hybridized carbons (Fsp3) is 0.500. The first-order valence-electron chi connectivity index (χ1n) is 9.33. The van der Waals surface area contributed by atoms with Crippen molar-refractivity contribution in [1.82, 2.24) is 9.88 Å². The number of benzene rings is 1. The molecular formula is C20H25N3O2S. The van der Waals surface area contributed by atoms with Gasteiger partial charge in [-0.25, -0.2) is 4.98 Å². The van der Waals surface area contributed by atoms with Crippen LogP contribution in [0.5, 0.6) is 0 Å². The van der Waals surface area contributed by atoms with Crippen LogP contribution >= 0.6 is 11.3 Å². The standard InChI is InChI=1S/C20H25N3O2S/c1-22(2)16-9-8-13(12-14(16)20(25)23-10-3-4-11-23)19-21-15-6-5-7-17(24)18(15)26-19/h8-9,12,17,24H,3-7,10-11H2,1-2H3. The summed E-state index contributed by atoms with van der Waals surface area (Å²) in [7, 11) is 3.93. The Kier molecular flexibility index (Phi) is 4.71. The molecule has 1 aliphatic heterocycles. The molecule has 1 unspecified atom stereocenters. The van der Waals surface area contributed by atoms with Crippen LogP contribution < -0.4 is 4.90 Å². The second kappa shape index (κ2) is 7.00. The van der Waals surface area contributed by atoms with E-state index in [1.807, 2.05) is 42.1 Å². The van der Waals surface area contributed by atoms with Crippen LogP contribution in [0.25, 0.3) is 10.6 Å². The lowest BCUT2D eigenvalue weighted by atomic mass is 10.0. The van der Waals surface area contributed by atoms with Crippen LogP contribution in [-0.4, -0.2) is 48.1 Å². The second-order valence-electron chi connectivity index (χ2n) is 7.36. The number of fused-ring (bicyclic) bond motifs is 1. The van der Waals surface area contributed by atoms with Crippen molar-refractivity contribution < 1.29 is 9.90 Å². The van der Waals surface area contributed by atoms with Crippen LogP contribution in [0.1, 0.15) is 52.7 Å². The van der Waals surface area contributed by atoms with Gasteiger partial charge in [0.2, 0.25) is 0 Å². The van der Waals surface area contributed by atoms with E-state index in [0.29, 0.717) is 0 Å². The summed E-state index contributed by atoms with van der Waals surface area (Å²) in [5.41, 5.74) is 3.66. The van der Waals surface area contributed by atoms with Gasteiger partial charge in [-0.15, -0.1) is 11.3 Å². The summed E-state index contributed by atoms with van der Waals surface area (Å²) < 4.78 is 0. The molecule has 2 aliphatic rings. The number of likely N-dealkylation sites (tertiary alicyclic amines) is 1. The topological polar surface area (TPSA) is 56.7 Å². The van der Waals surface area contributed by atoms with Gasteiger partial charge in [0.1, 0.15) is 5.01 Å². The predicted octanol–water partition coefficient (Wildman–Crippen LogP) is 3.48. The molecule has 1 N–H and O–H groups in total. The molecule has 6 heteroatoms. The predicted molar refractivity (Wildman–Crippen MR) is 105 cm³/mol. The lowest BCUT2D eigenvalue weighted by Crippen LogP contribution is -2.29. The van der Waals surface area contributed by atoms with Crippen molar-refractivity contribution in [1.29, 1.82) is 0 Å². The molecule has 5 nitrogen and oxygen atoms in total. The third kappa shape index (κ3) is 3.12. The molecule has 26 heavy (non-hydrogen) atoms. The molecule has 1 saturated heterocycles. The zero-order valence-corrected chi connectivity index (χ0v) is 16.2. The average molecular weight is 372 g/mol. The molecule has 0 spiro atoms. The fourth-order valence-corrected chi connectivity index (χ4v) is 4.97. The highest BCUT2D eigenvalue weighted by atomic mass is 32.1. The molecule has 1 atom stereocenters. The summed E-state index contributed by atoms with van der Waals surface area (Å²) in [6.07, 6.45) is 4.50. The van der Waals surface area contributed by atoms with Crippen LogP contribution in [0.3, 0.4) is 0 Å². The highest BCUT2D eigenvalue weighted by Gasteiger charge is 2.26. The van der Waals surface area contributed by atoms with Crippen molar-refractivity contribution in [2.45, 2.75) is 38.2 Å². The monoisotopic (exact) mass is 371 g/mol. The van der Waals surface area contributed by atoms with E-state index in [1.165, 1.54) is 0 Å². The number of carbonyl (C=O) groups excluding carboxylic acids is 1. The first kappa shape index (κ1) is 17.5. The largest absolute Gasteiger partial charge is 0.388 e. The Morgan fingerprint density at radius 3 is 2.73 bits per heavy atom. The number of aliphatic hydroxyl groups is 1. The first-order valence-corrected chi connectivity index (χ1v) is 10.1. The van der Waals surface area contributed by atoms with Crippen LogP contribution in [0, 0.1) is 0 Å². The van der Waals surface area contributed by atoms with E-state index in [2.05, 4.69) is 0 Å². The Balaban J connectivity index is 1.74. The molecule has 0 bridgehead atoms. The molecule has 0 saturated carbocycles. The van der Waals surface area contributed by atoms with Crippen LogP contribution in [0.15, 0.2) is 18.2 Å². The maximum absolute atomic E-state index is 13.0. The zero-order valence-electron chi connectivity index (χ0n) is 15.4. The molecule has 2 heterocycles. The quantitative estimate of drug-likeness (QED) is 0.897. The van der Waals surface area contributed by atoms with Gasteiger partial charge >= 0.3 is 0 Å². The zero-order chi connectivity index (χ0) is 18.3. The normalized spacial score (nSPS) is 19.5. The van der Waals surface area contributed by atoms with E-state index in [4.69, 9.17) is 4.98 Å². The lowest BCUT2D eigenvalue weighted by molar-refractivity contribution is 0.0793. The van der Waals surface area contributed by atoms with Crippen molar-refractivity contribution >= 4 is 22.9 Å². The number of hydrogen-bond donors (Lipinski definition) is 1. The first-order chi connectivity index (χ1) is 12.5. The van der Waals surface area contributed by atoms with Gasteiger partial charge in [0.15, 0.2) is 0 Å². The third-order valence-electron chi connectivity index (χ3n) is 5.27. The highest BCUT2D eigenvalue weighted by molar-refractivity contribution is 7.15. The minimum absolute atomic E-state index is 0.106. The number of nitrogens with zero attached hydrogens (tertiary/aromatic N) is 3. The molecule has 4 rings (SSSR count). The van der Waals surface area contributed by atoms with Crippen molar-refractivity contribution in [3.8, 4) is 10.6 Å². The second-order valence-corrected chi connectivity index (χ2v) is 8.39. The summed E-state index contributed by atoms with van der Waals surface area (Å²) in [6.45, 7) is 1.68. The maximum Gasteiger partial charge on any atom is 0.255 e. The number of rotatable bonds is 3. The molecular weight excluding hydrogens is 346 g/mol. The molecule has 2 aromatic rings. The summed E-state index contributed by atoms with van der Waals surface area (Å²) >= 11 is 1.56. The smallest absolute Gasteiger partial charge is 0.255 e.